The van der Waals surface area contributed by atoms with Gasteiger partial charge >= 0.3 is 0 Å². The SMILES string of the molecule is B[C@@H]1CCCCCCCC2CCCCCCCCCCC2CCC1CCCCC. The normalized spacial score (nSPS) is 32.4. The van der Waals surface area contributed by atoms with Crippen LogP contribution in [0.2, 0.25) is 5.82 Å². The third-order valence-electron chi connectivity index (χ3n) is 8.69. The fourth-order valence-corrected chi connectivity index (χ4v) is 6.54. The number of unbranched alkanes of at least 4 members (excludes halogenated alkanes) is 2. The van der Waals surface area contributed by atoms with Crippen LogP contribution in [0.25, 0.3) is 0 Å². The number of fused-ring (bicyclic) bond motifs is 1. The highest BCUT2D eigenvalue weighted by Gasteiger charge is 2.24. The van der Waals surface area contributed by atoms with E-state index in [0.29, 0.717) is 0 Å². The van der Waals surface area contributed by atoms with Crippen molar-refractivity contribution in [1.29, 1.82) is 0 Å². The third-order valence-corrected chi connectivity index (χ3v) is 8.69. The Kier molecular flexibility index (Phi) is 14.6. The minimum Gasteiger partial charge on any atom is -0.0669 e. The summed E-state index contributed by atoms with van der Waals surface area (Å²) < 4.78 is 0. The van der Waals surface area contributed by atoms with E-state index in [1.165, 1.54) is 116 Å². The van der Waals surface area contributed by atoms with Gasteiger partial charge < -0.3 is 0 Å². The topological polar surface area (TPSA) is 0 Å². The van der Waals surface area contributed by atoms with E-state index in [-0.39, 0.29) is 0 Å². The van der Waals surface area contributed by atoms with Gasteiger partial charge in [0.15, 0.2) is 0 Å². The molecule has 2 fully saturated rings. The van der Waals surface area contributed by atoms with Gasteiger partial charge in [0.1, 0.15) is 7.85 Å². The van der Waals surface area contributed by atoms with E-state index in [2.05, 4.69) is 14.8 Å². The summed E-state index contributed by atoms with van der Waals surface area (Å²) in [4.78, 5) is 0. The molecule has 2 rings (SSSR count). The minimum absolute atomic E-state index is 0.970. The first-order valence-corrected chi connectivity index (χ1v) is 14.3. The van der Waals surface area contributed by atoms with Crippen LogP contribution >= 0.6 is 0 Å². The second-order valence-corrected chi connectivity index (χ2v) is 11.1. The monoisotopic (exact) mass is 402 g/mol. The highest BCUT2D eigenvalue weighted by atomic mass is 14.3. The zero-order valence-corrected chi connectivity index (χ0v) is 20.6. The molecule has 3 unspecified atom stereocenters. The van der Waals surface area contributed by atoms with Crippen LogP contribution in [-0.2, 0) is 0 Å². The maximum absolute atomic E-state index is 2.61. The molecule has 0 aromatic carbocycles. The third kappa shape index (κ3) is 11.3. The lowest BCUT2D eigenvalue weighted by Gasteiger charge is -2.31. The maximum atomic E-state index is 2.61. The summed E-state index contributed by atoms with van der Waals surface area (Å²) in [5.41, 5.74) is 0. The number of hydrogen-bond acceptors (Lipinski definition) is 0. The van der Waals surface area contributed by atoms with Gasteiger partial charge in [-0.1, -0.05) is 154 Å². The molecular formula is C28H55B. The van der Waals surface area contributed by atoms with Crippen molar-refractivity contribution >= 4 is 7.85 Å². The van der Waals surface area contributed by atoms with E-state index >= 15 is 0 Å². The van der Waals surface area contributed by atoms with Crippen LogP contribution in [0, 0.1) is 17.8 Å². The molecule has 0 bridgehead atoms. The molecule has 0 heterocycles. The van der Waals surface area contributed by atoms with Crippen molar-refractivity contribution < 1.29 is 0 Å². The quantitative estimate of drug-likeness (QED) is 0.324. The molecule has 4 atom stereocenters. The van der Waals surface area contributed by atoms with E-state index in [4.69, 9.17) is 0 Å². The van der Waals surface area contributed by atoms with Crippen molar-refractivity contribution in [2.45, 2.75) is 160 Å². The first kappa shape index (κ1) is 25.3. The molecule has 0 radical (unpaired) electrons. The zero-order valence-electron chi connectivity index (χ0n) is 20.6. The lowest BCUT2D eigenvalue weighted by atomic mass is 9.68. The molecule has 170 valence electrons. The van der Waals surface area contributed by atoms with E-state index in [1.54, 1.807) is 32.1 Å². The Balaban J connectivity index is 2.01. The molecular weight excluding hydrogens is 347 g/mol. The summed E-state index contributed by atoms with van der Waals surface area (Å²) in [5.74, 6) is 4.10. The summed E-state index contributed by atoms with van der Waals surface area (Å²) in [6, 6.07) is 0. The molecule has 0 spiro atoms. The predicted octanol–water partition coefficient (Wildman–Crippen LogP) is 9.28. The molecule has 29 heavy (non-hydrogen) atoms. The standard InChI is InChI=1S/C28H55B/c1-2-3-13-21-27-24-23-26-20-16-10-7-5-4-6-9-14-18-25(26)19-15-11-8-12-17-22-28(27)29/h25-28H,2-24,29H2,1H3/t25?,26?,27?,28-/m1/s1. The summed E-state index contributed by atoms with van der Waals surface area (Å²) >= 11 is 0. The molecule has 0 N–H and O–H groups in total. The van der Waals surface area contributed by atoms with Crippen molar-refractivity contribution in [2.24, 2.45) is 17.8 Å². The average Bonchev–Trinajstić information content (AvgIpc) is 2.73. The van der Waals surface area contributed by atoms with E-state index in [0.717, 1.165) is 23.6 Å². The summed E-state index contributed by atoms with van der Waals surface area (Å²) in [5, 5.41) is 0. The van der Waals surface area contributed by atoms with Gasteiger partial charge in [0, 0.05) is 0 Å². The Morgan fingerprint density at radius 2 is 0.966 bits per heavy atom. The first-order valence-electron chi connectivity index (χ1n) is 14.3. The largest absolute Gasteiger partial charge is 0.105 e. The van der Waals surface area contributed by atoms with E-state index < -0.39 is 0 Å². The molecule has 1 heteroatoms. The van der Waals surface area contributed by atoms with Gasteiger partial charge in [-0.05, 0) is 24.2 Å². The molecule has 0 aromatic rings. The van der Waals surface area contributed by atoms with Gasteiger partial charge in [-0.15, -0.1) is 0 Å². The Bertz CT molecular complexity index is 365. The van der Waals surface area contributed by atoms with Crippen LogP contribution < -0.4 is 0 Å². The molecule has 2 aliphatic rings. The van der Waals surface area contributed by atoms with Gasteiger partial charge in [0.05, 0.1) is 0 Å². The lowest BCUT2D eigenvalue weighted by Crippen LogP contribution is -2.19. The fraction of sp³-hybridized carbons (Fsp3) is 1.00. The summed E-state index contributed by atoms with van der Waals surface area (Å²) in [6.45, 7) is 2.36. The molecule has 0 aromatic heterocycles. The smallest absolute Gasteiger partial charge is 0.0669 e. The number of rotatable bonds is 4. The second-order valence-electron chi connectivity index (χ2n) is 11.1. The lowest BCUT2D eigenvalue weighted by molar-refractivity contribution is 0.221. The molecule has 2 aliphatic carbocycles. The van der Waals surface area contributed by atoms with Crippen LogP contribution in [0.15, 0.2) is 0 Å². The maximum Gasteiger partial charge on any atom is 0.105 e. The van der Waals surface area contributed by atoms with Gasteiger partial charge in [0.2, 0.25) is 0 Å². The van der Waals surface area contributed by atoms with Crippen LogP contribution in [-0.4, -0.2) is 7.85 Å². The Labute approximate surface area is 186 Å². The zero-order chi connectivity index (χ0) is 20.6. The van der Waals surface area contributed by atoms with Crippen molar-refractivity contribution in [2.75, 3.05) is 0 Å². The predicted molar refractivity (Wildman–Crippen MR) is 135 cm³/mol. The van der Waals surface area contributed by atoms with Crippen molar-refractivity contribution in [3.63, 3.8) is 0 Å². The van der Waals surface area contributed by atoms with Gasteiger partial charge in [-0.3, -0.25) is 0 Å². The van der Waals surface area contributed by atoms with Crippen LogP contribution in [0.3, 0.4) is 0 Å². The van der Waals surface area contributed by atoms with E-state index in [9.17, 15) is 0 Å². The molecule has 0 nitrogen and oxygen atoms in total. The highest BCUT2D eigenvalue weighted by molar-refractivity contribution is 6.11. The van der Waals surface area contributed by atoms with Crippen LogP contribution in [0.4, 0.5) is 0 Å². The molecule has 0 amide bonds. The van der Waals surface area contributed by atoms with Crippen molar-refractivity contribution in [3.8, 4) is 0 Å². The summed E-state index contributed by atoms with van der Waals surface area (Å²) in [6.07, 6.45) is 34.8. The van der Waals surface area contributed by atoms with Gasteiger partial charge in [-0.2, -0.15) is 0 Å². The average molecular weight is 403 g/mol. The Morgan fingerprint density at radius 3 is 1.48 bits per heavy atom. The number of hydrogen-bond donors (Lipinski definition) is 0. The Morgan fingerprint density at radius 1 is 0.517 bits per heavy atom. The first-order chi connectivity index (χ1) is 14.3. The van der Waals surface area contributed by atoms with Gasteiger partial charge in [0.25, 0.3) is 0 Å². The van der Waals surface area contributed by atoms with E-state index in [1.807, 2.05) is 0 Å². The molecule has 0 saturated heterocycles. The van der Waals surface area contributed by atoms with Gasteiger partial charge in [-0.25, -0.2) is 0 Å². The van der Waals surface area contributed by atoms with Crippen LogP contribution in [0.5, 0.6) is 0 Å². The molecule has 0 aliphatic heterocycles. The molecule has 2 saturated carbocycles. The minimum atomic E-state index is 0.970. The summed E-state index contributed by atoms with van der Waals surface area (Å²) in [7, 11) is 2.61. The highest BCUT2D eigenvalue weighted by Crippen LogP contribution is 2.38. The van der Waals surface area contributed by atoms with Crippen molar-refractivity contribution in [1.82, 2.24) is 0 Å². The fourth-order valence-electron chi connectivity index (χ4n) is 6.54. The van der Waals surface area contributed by atoms with Crippen LogP contribution in [0.1, 0.15) is 155 Å². The van der Waals surface area contributed by atoms with Crippen molar-refractivity contribution in [3.05, 3.63) is 0 Å². The second kappa shape index (κ2) is 16.7. The Hall–Kier alpha value is 0.0649.